The maximum atomic E-state index is 12.7. The fourth-order valence-corrected chi connectivity index (χ4v) is 3.39. The number of rotatable bonds is 7. The molecule has 2 aromatic carbocycles. The molecule has 1 aromatic heterocycles. The molecule has 0 radical (unpaired) electrons. The fraction of sp³-hybridized carbons (Fsp3) is 0.200. The average Bonchev–Trinajstić information content (AvgIpc) is 3.12. The Kier molecular flexibility index (Phi) is 6.79. The number of carbonyl (C=O) groups excluding carboxylic acids is 2. The van der Waals surface area contributed by atoms with Gasteiger partial charge in [0, 0.05) is 25.5 Å². The maximum absolute atomic E-state index is 12.7. The molecule has 2 amide bonds. The van der Waals surface area contributed by atoms with Crippen LogP contribution in [0.4, 0.5) is 5.13 Å². The molecule has 0 aliphatic carbocycles. The van der Waals surface area contributed by atoms with Gasteiger partial charge in [-0.05, 0) is 29.8 Å². The minimum atomic E-state index is -0.386. The van der Waals surface area contributed by atoms with Crippen LogP contribution in [0.25, 0.3) is 0 Å². The van der Waals surface area contributed by atoms with Gasteiger partial charge in [0.25, 0.3) is 11.8 Å². The number of anilines is 1. The van der Waals surface area contributed by atoms with Crippen LogP contribution < -0.4 is 10.1 Å². The van der Waals surface area contributed by atoms with E-state index in [2.05, 4.69) is 15.5 Å². The van der Waals surface area contributed by atoms with E-state index in [1.54, 1.807) is 38.4 Å². The minimum Gasteiger partial charge on any atom is -0.483 e. The summed E-state index contributed by atoms with van der Waals surface area (Å²) in [6.07, 6.45) is 0.570. The molecule has 0 unspecified atom stereocenters. The quantitative estimate of drug-likeness (QED) is 0.620. The van der Waals surface area contributed by atoms with Crippen molar-refractivity contribution >= 4 is 39.9 Å². The first-order valence-electron chi connectivity index (χ1n) is 8.72. The van der Waals surface area contributed by atoms with Crippen molar-refractivity contribution in [2.45, 2.75) is 6.42 Å². The van der Waals surface area contributed by atoms with E-state index in [0.717, 1.165) is 10.6 Å². The highest BCUT2D eigenvalue weighted by Crippen LogP contribution is 2.23. The fourth-order valence-electron chi connectivity index (χ4n) is 2.41. The number of aromatic nitrogens is 2. The molecule has 3 rings (SSSR count). The van der Waals surface area contributed by atoms with Gasteiger partial charge in [0.1, 0.15) is 10.8 Å². The lowest BCUT2D eigenvalue weighted by Gasteiger charge is -2.13. The van der Waals surface area contributed by atoms with E-state index in [9.17, 15) is 9.59 Å². The monoisotopic (exact) mass is 430 g/mol. The Morgan fingerprint density at radius 3 is 2.69 bits per heavy atom. The Morgan fingerprint density at radius 1 is 1.14 bits per heavy atom. The molecular formula is C20H19ClN4O3S. The van der Waals surface area contributed by atoms with E-state index in [0.29, 0.717) is 27.9 Å². The summed E-state index contributed by atoms with van der Waals surface area (Å²) in [6, 6.07) is 14.2. The highest BCUT2D eigenvalue weighted by atomic mass is 35.5. The van der Waals surface area contributed by atoms with E-state index in [1.807, 2.05) is 24.3 Å². The second kappa shape index (κ2) is 9.49. The number of ether oxygens (including phenoxy) is 1. The molecule has 3 aromatic rings. The standard InChI is InChI=1S/C20H19ClN4O3S/c1-25(2)18(26)12-28-16-9-4-3-8-15(16)19(27)22-20-24-23-17(29-20)11-13-6-5-7-14(21)10-13/h3-10H,11-12H2,1-2H3,(H,22,24,27). The van der Waals surface area contributed by atoms with Gasteiger partial charge in [0.05, 0.1) is 5.56 Å². The topological polar surface area (TPSA) is 84.4 Å². The normalized spacial score (nSPS) is 10.4. The highest BCUT2D eigenvalue weighted by Gasteiger charge is 2.16. The van der Waals surface area contributed by atoms with Crippen molar-refractivity contribution in [3.8, 4) is 5.75 Å². The van der Waals surface area contributed by atoms with Gasteiger partial charge in [-0.1, -0.05) is 47.2 Å². The molecular weight excluding hydrogens is 412 g/mol. The van der Waals surface area contributed by atoms with Crippen LogP contribution >= 0.6 is 22.9 Å². The summed E-state index contributed by atoms with van der Waals surface area (Å²) >= 11 is 7.29. The summed E-state index contributed by atoms with van der Waals surface area (Å²) < 4.78 is 5.52. The Labute approximate surface area is 177 Å². The molecule has 0 bridgehead atoms. The highest BCUT2D eigenvalue weighted by molar-refractivity contribution is 7.15. The molecule has 0 saturated heterocycles. The molecule has 0 saturated carbocycles. The Morgan fingerprint density at radius 2 is 1.93 bits per heavy atom. The van der Waals surface area contributed by atoms with Crippen LogP contribution in [0.2, 0.25) is 5.02 Å². The van der Waals surface area contributed by atoms with Gasteiger partial charge in [-0.15, -0.1) is 10.2 Å². The number of para-hydroxylation sites is 1. The third-order valence-corrected chi connectivity index (χ3v) is 4.99. The number of hydrogen-bond donors (Lipinski definition) is 1. The van der Waals surface area contributed by atoms with Gasteiger partial charge >= 0.3 is 0 Å². The molecule has 29 heavy (non-hydrogen) atoms. The molecule has 7 nitrogen and oxygen atoms in total. The minimum absolute atomic E-state index is 0.153. The van der Waals surface area contributed by atoms with E-state index in [1.165, 1.54) is 16.2 Å². The largest absolute Gasteiger partial charge is 0.483 e. The number of nitrogens with one attached hydrogen (secondary N) is 1. The maximum Gasteiger partial charge on any atom is 0.261 e. The number of hydrogen-bond acceptors (Lipinski definition) is 6. The molecule has 0 fully saturated rings. The number of likely N-dealkylation sites (N-methyl/N-ethyl adjacent to an activating group) is 1. The molecule has 0 spiro atoms. The zero-order valence-electron chi connectivity index (χ0n) is 15.9. The van der Waals surface area contributed by atoms with Crippen molar-refractivity contribution in [1.29, 1.82) is 0 Å². The van der Waals surface area contributed by atoms with Crippen molar-refractivity contribution in [2.75, 3.05) is 26.0 Å². The number of amides is 2. The zero-order chi connectivity index (χ0) is 20.8. The van der Waals surface area contributed by atoms with Crippen molar-refractivity contribution < 1.29 is 14.3 Å². The summed E-state index contributed by atoms with van der Waals surface area (Å²) in [4.78, 5) is 25.8. The van der Waals surface area contributed by atoms with Gasteiger partial charge in [-0.3, -0.25) is 14.9 Å². The zero-order valence-corrected chi connectivity index (χ0v) is 17.5. The van der Waals surface area contributed by atoms with Gasteiger partial charge in [-0.25, -0.2) is 0 Å². The van der Waals surface area contributed by atoms with Crippen LogP contribution in [-0.2, 0) is 11.2 Å². The summed E-state index contributed by atoms with van der Waals surface area (Å²) in [5, 5.41) is 12.7. The molecule has 150 valence electrons. The van der Waals surface area contributed by atoms with Crippen molar-refractivity contribution in [1.82, 2.24) is 15.1 Å². The predicted octanol–water partition coefficient (Wildman–Crippen LogP) is 3.50. The third-order valence-electron chi connectivity index (χ3n) is 3.91. The van der Waals surface area contributed by atoms with Gasteiger partial charge in [-0.2, -0.15) is 0 Å². The summed E-state index contributed by atoms with van der Waals surface area (Å²) in [5.41, 5.74) is 1.32. The van der Waals surface area contributed by atoms with Crippen molar-refractivity contribution in [3.63, 3.8) is 0 Å². The summed E-state index contributed by atoms with van der Waals surface area (Å²) in [5.74, 6) is -0.262. The average molecular weight is 431 g/mol. The van der Waals surface area contributed by atoms with Crippen molar-refractivity contribution in [2.24, 2.45) is 0 Å². The molecule has 0 atom stereocenters. The second-order valence-electron chi connectivity index (χ2n) is 6.33. The third kappa shape index (κ3) is 5.75. The molecule has 1 heterocycles. The number of halogens is 1. The van der Waals surface area contributed by atoms with Gasteiger partial charge in [0.15, 0.2) is 6.61 Å². The molecule has 0 aliphatic rings. The molecule has 1 N–H and O–H groups in total. The smallest absolute Gasteiger partial charge is 0.261 e. The van der Waals surface area contributed by atoms with E-state index >= 15 is 0 Å². The lowest BCUT2D eigenvalue weighted by molar-refractivity contribution is -0.130. The van der Waals surface area contributed by atoms with Gasteiger partial charge in [0.2, 0.25) is 5.13 Å². The first-order chi connectivity index (χ1) is 13.9. The van der Waals surface area contributed by atoms with Crippen LogP contribution in [0, 0.1) is 0 Å². The van der Waals surface area contributed by atoms with Crippen LogP contribution in [0.15, 0.2) is 48.5 Å². The molecule has 9 heteroatoms. The first kappa shape index (κ1) is 20.8. The Balaban J connectivity index is 1.66. The van der Waals surface area contributed by atoms with Gasteiger partial charge < -0.3 is 9.64 Å². The first-order valence-corrected chi connectivity index (χ1v) is 9.92. The van der Waals surface area contributed by atoms with Crippen LogP contribution in [0.3, 0.4) is 0 Å². The number of nitrogens with zero attached hydrogens (tertiary/aromatic N) is 3. The predicted molar refractivity (Wildman–Crippen MR) is 113 cm³/mol. The van der Waals surface area contributed by atoms with E-state index in [-0.39, 0.29) is 18.4 Å². The van der Waals surface area contributed by atoms with Crippen LogP contribution in [0.1, 0.15) is 20.9 Å². The second-order valence-corrected chi connectivity index (χ2v) is 7.83. The van der Waals surface area contributed by atoms with Crippen molar-refractivity contribution in [3.05, 3.63) is 69.7 Å². The number of benzene rings is 2. The van der Waals surface area contributed by atoms with Crippen LogP contribution in [0.5, 0.6) is 5.75 Å². The summed E-state index contributed by atoms with van der Waals surface area (Å²) in [7, 11) is 3.28. The Hall–Kier alpha value is -2.97. The SMILES string of the molecule is CN(C)C(=O)COc1ccccc1C(=O)Nc1nnc(Cc2cccc(Cl)c2)s1. The number of carbonyl (C=O) groups is 2. The van der Waals surface area contributed by atoms with Crippen LogP contribution in [-0.4, -0.2) is 47.6 Å². The lowest BCUT2D eigenvalue weighted by Crippen LogP contribution is -2.28. The van der Waals surface area contributed by atoms with E-state index in [4.69, 9.17) is 16.3 Å². The van der Waals surface area contributed by atoms with E-state index < -0.39 is 0 Å². The summed E-state index contributed by atoms with van der Waals surface area (Å²) in [6.45, 7) is -0.153. The lowest BCUT2D eigenvalue weighted by atomic mass is 10.2. The Bertz CT molecular complexity index is 1020. The molecule has 0 aliphatic heterocycles.